The van der Waals surface area contributed by atoms with E-state index in [1.54, 1.807) is 0 Å². The van der Waals surface area contributed by atoms with E-state index < -0.39 is 8.07 Å². The maximum absolute atomic E-state index is 14.0. The Kier molecular flexibility index (Phi) is 5.82. The molecule has 0 radical (unpaired) electrons. The lowest BCUT2D eigenvalue weighted by molar-refractivity contribution is -0.167. The summed E-state index contributed by atoms with van der Waals surface area (Å²) in [6.45, 7) is 7.50. The molecule has 0 aromatic rings. The van der Waals surface area contributed by atoms with Gasteiger partial charge in [-0.15, -0.1) is 0 Å². The lowest BCUT2D eigenvalue weighted by atomic mass is 9.43. The number of nitrogens with one attached hydrogen (secondary N) is 2. The Morgan fingerprint density at radius 3 is 1.50 bits per heavy atom. The molecule has 0 saturated heterocycles. The highest BCUT2D eigenvalue weighted by atomic mass is 28.3. The van der Waals surface area contributed by atoms with Crippen LogP contribution >= 0.6 is 0 Å². The zero-order chi connectivity index (χ0) is 22.6. The van der Waals surface area contributed by atoms with Crippen molar-refractivity contribution in [3.05, 3.63) is 0 Å². The normalized spacial score (nSPS) is 40.3. The summed E-state index contributed by atoms with van der Waals surface area (Å²) in [5.74, 6) is 1.17. The molecule has 4 nitrogen and oxygen atoms in total. The highest BCUT2D eigenvalue weighted by Crippen LogP contribution is 2.75. The third kappa shape index (κ3) is 3.88. The smallest absolute Gasteiger partial charge is 0.226 e. The molecule has 4 bridgehead atoms. The van der Waals surface area contributed by atoms with E-state index in [2.05, 4.69) is 30.3 Å². The number of hydrogen-bond donors (Lipinski definition) is 2. The third-order valence-corrected chi connectivity index (χ3v) is 14.2. The Balaban J connectivity index is 1.43. The highest BCUT2D eigenvalue weighted by molar-refractivity contribution is 6.79. The van der Waals surface area contributed by atoms with Gasteiger partial charge in [0.25, 0.3) is 0 Å². The minimum Gasteiger partial charge on any atom is -0.353 e. The Morgan fingerprint density at radius 2 is 1.09 bits per heavy atom. The van der Waals surface area contributed by atoms with Gasteiger partial charge < -0.3 is 10.6 Å². The first kappa shape index (κ1) is 22.9. The predicted molar refractivity (Wildman–Crippen MR) is 132 cm³/mol. The molecule has 6 fully saturated rings. The molecule has 2 amide bonds. The minimum atomic E-state index is -1.56. The minimum absolute atomic E-state index is 0.236. The van der Waals surface area contributed by atoms with E-state index in [0.29, 0.717) is 29.8 Å². The topological polar surface area (TPSA) is 58.2 Å². The van der Waals surface area contributed by atoms with Gasteiger partial charge in [0, 0.05) is 12.1 Å². The molecule has 0 aliphatic heterocycles. The van der Waals surface area contributed by atoms with E-state index in [1.165, 1.54) is 44.9 Å². The van der Waals surface area contributed by atoms with Crippen molar-refractivity contribution < 1.29 is 9.59 Å². The van der Waals surface area contributed by atoms with E-state index in [4.69, 9.17) is 0 Å². The van der Waals surface area contributed by atoms with Crippen LogP contribution in [0.5, 0.6) is 0 Å². The third-order valence-electron chi connectivity index (χ3n) is 10.5. The first-order valence-corrected chi connectivity index (χ1v) is 17.3. The van der Waals surface area contributed by atoms with Gasteiger partial charge in [0.15, 0.2) is 0 Å². The van der Waals surface area contributed by atoms with E-state index in [1.807, 2.05) is 0 Å². The zero-order valence-electron chi connectivity index (χ0n) is 20.9. The lowest BCUT2D eigenvalue weighted by Crippen LogP contribution is -2.67. The number of hydrogen-bond acceptors (Lipinski definition) is 2. The molecule has 2 unspecified atom stereocenters. The Hall–Kier alpha value is -0.843. The quantitative estimate of drug-likeness (QED) is 0.501. The molecule has 5 heteroatoms. The fourth-order valence-corrected chi connectivity index (χ4v) is 11.6. The molecular weight excluding hydrogens is 412 g/mol. The SMILES string of the molecule is C[Si](C)(C)C12CC3CC(C(=O)NC4CCCCC4)(CC(C(=O)NC4CCCCC4)(C3)C1)C2. The van der Waals surface area contributed by atoms with Crippen LogP contribution in [0.15, 0.2) is 0 Å². The number of carbonyl (C=O) groups excluding carboxylic acids is 2. The monoisotopic (exact) mass is 458 g/mol. The van der Waals surface area contributed by atoms with Crippen molar-refractivity contribution in [2.45, 2.75) is 139 Å². The van der Waals surface area contributed by atoms with E-state index in [0.717, 1.165) is 57.8 Å². The van der Waals surface area contributed by atoms with Crippen LogP contribution in [0.3, 0.4) is 0 Å². The summed E-state index contributed by atoms with van der Waals surface area (Å²) in [6, 6.07) is 0.721. The van der Waals surface area contributed by atoms with Gasteiger partial charge >= 0.3 is 0 Å². The van der Waals surface area contributed by atoms with Crippen LogP contribution in [-0.2, 0) is 9.59 Å². The highest BCUT2D eigenvalue weighted by Gasteiger charge is 2.70. The van der Waals surface area contributed by atoms with Crippen LogP contribution in [0.4, 0.5) is 0 Å². The molecule has 2 atom stereocenters. The Morgan fingerprint density at radius 1 is 0.656 bits per heavy atom. The predicted octanol–water partition coefficient (Wildman–Crippen LogP) is 5.93. The molecule has 6 aliphatic carbocycles. The zero-order valence-corrected chi connectivity index (χ0v) is 21.9. The second kappa shape index (κ2) is 8.13. The molecule has 0 spiro atoms. The van der Waals surface area contributed by atoms with Crippen molar-refractivity contribution in [1.29, 1.82) is 0 Å². The fraction of sp³-hybridized carbons (Fsp3) is 0.926. The lowest BCUT2D eigenvalue weighted by Gasteiger charge is -2.68. The molecule has 0 heterocycles. The van der Waals surface area contributed by atoms with Gasteiger partial charge in [-0.2, -0.15) is 0 Å². The number of rotatable bonds is 5. The van der Waals surface area contributed by atoms with E-state index in [-0.39, 0.29) is 15.9 Å². The molecule has 180 valence electrons. The summed E-state index contributed by atoms with van der Waals surface area (Å²) >= 11 is 0. The van der Waals surface area contributed by atoms with Gasteiger partial charge in [-0.25, -0.2) is 0 Å². The summed E-state index contributed by atoms with van der Waals surface area (Å²) < 4.78 is 0. The second-order valence-electron chi connectivity index (χ2n) is 13.7. The molecule has 2 N–H and O–H groups in total. The summed E-state index contributed by atoms with van der Waals surface area (Å²) in [7, 11) is -1.56. The number of amides is 2. The summed E-state index contributed by atoms with van der Waals surface area (Å²) in [6.07, 6.45) is 18.3. The summed E-state index contributed by atoms with van der Waals surface area (Å²) in [5, 5.41) is 7.29. The van der Waals surface area contributed by atoms with Gasteiger partial charge in [-0.1, -0.05) is 58.2 Å². The van der Waals surface area contributed by atoms with Crippen molar-refractivity contribution in [2.24, 2.45) is 16.7 Å². The molecule has 6 saturated carbocycles. The second-order valence-corrected chi connectivity index (χ2v) is 19.3. The first-order valence-electron chi connectivity index (χ1n) is 13.8. The van der Waals surface area contributed by atoms with Crippen LogP contribution in [0, 0.1) is 16.7 Å². The maximum atomic E-state index is 14.0. The van der Waals surface area contributed by atoms with Crippen LogP contribution < -0.4 is 10.6 Å². The fourth-order valence-electron chi connectivity index (χ4n) is 8.95. The van der Waals surface area contributed by atoms with Crippen LogP contribution in [-0.4, -0.2) is 32.0 Å². The molecule has 32 heavy (non-hydrogen) atoms. The largest absolute Gasteiger partial charge is 0.353 e. The molecule has 0 aromatic heterocycles. The number of carbonyl (C=O) groups is 2. The standard InChI is InChI=1S/C27H46N2O2Si/c1-32(2,3)27-16-20-14-25(18-27,23(30)28-21-10-6-4-7-11-21)17-26(15-20,19-27)24(31)29-22-12-8-5-9-13-22/h20-22H,4-19H2,1-3H3,(H,28,30)(H,29,31). The Labute approximate surface area is 196 Å². The van der Waals surface area contributed by atoms with Gasteiger partial charge in [-0.3, -0.25) is 9.59 Å². The van der Waals surface area contributed by atoms with Crippen molar-refractivity contribution in [1.82, 2.24) is 10.6 Å². The van der Waals surface area contributed by atoms with Crippen LogP contribution in [0.25, 0.3) is 0 Å². The molecule has 6 rings (SSSR count). The summed E-state index contributed by atoms with van der Waals surface area (Å²) in [5.41, 5.74) is -0.609. The van der Waals surface area contributed by atoms with Crippen molar-refractivity contribution in [3.8, 4) is 0 Å². The van der Waals surface area contributed by atoms with Crippen molar-refractivity contribution in [3.63, 3.8) is 0 Å². The van der Waals surface area contributed by atoms with Crippen LogP contribution in [0.1, 0.15) is 103 Å². The van der Waals surface area contributed by atoms with E-state index >= 15 is 0 Å². The first-order chi connectivity index (χ1) is 15.2. The molecular formula is C27H46N2O2Si. The van der Waals surface area contributed by atoms with Gasteiger partial charge in [0.1, 0.15) is 0 Å². The van der Waals surface area contributed by atoms with Crippen molar-refractivity contribution >= 4 is 19.9 Å². The van der Waals surface area contributed by atoms with Gasteiger partial charge in [0.2, 0.25) is 11.8 Å². The molecule has 0 aromatic carbocycles. The average molecular weight is 459 g/mol. The van der Waals surface area contributed by atoms with E-state index in [9.17, 15) is 9.59 Å². The maximum Gasteiger partial charge on any atom is 0.226 e. The van der Waals surface area contributed by atoms with Gasteiger partial charge in [0.05, 0.1) is 18.9 Å². The average Bonchev–Trinajstić information content (AvgIpc) is 2.73. The van der Waals surface area contributed by atoms with Crippen LogP contribution in [0.2, 0.25) is 24.7 Å². The van der Waals surface area contributed by atoms with Crippen molar-refractivity contribution in [2.75, 3.05) is 0 Å². The Bertz CT molecular complexity index is 699. The summed E-state index contributed by atoms with van der Waals surface area (Å²) in [4.78, 5) is 27.9. The van der Waals surface area contributed by atoms with Gasteiger partial charge in [-0.05, 0) is 75.2 Å². The molecule has 6 aliphatic rings.